The number of rotatable bonds is 10. The Hall–Kier alpha value is -2.38. The second-order valence-electron chi connectivity index (χ2n) is 9.58. The van der Waals surface area contributed by atoms with Crippen molar-refractivity contribution < 1.29 is 31.5 Å². The predicted octanol–water partition coefficient (Wildman–Crippen LogP) is 1.47. The lowest BCUT2D eigenvalue weighted by Gasteiger charge is -2.23. The third-order valence-electron chi connectivity index (χ3n) is 7.08. The van der Waals surface area contributed by atoms with E-state index in [0.29, 0.717) is 0 Å². The molecule has 0 aromatic carbocycles. The number of thioether (sulfide) groups is 1. The second kappa shape index (κ2) is 12.2. The molecule has 6 rings (SSSR count). The molecule has 43 heavy (non-hydrogen) atoms. The first-order valence-corrected chi connectivity index (χ1v) is 15.3. The van der Waals surface area contributed by atoms with Gasteiger partial charge in [0, 0.05) is 15.4 Å². The van der Waals surface area contributed by atoms with Gasteiger partial charge in [-0.3, -0.25) is 9.78 Å². The van der Waals surface area contributed by atoms with Gasteiger partial charge in [-0.1, -0.05) is 5.21 Å². The van der Waals surface area contributed by atoms with Gasteiger partial charge >= 0.3 is 5.92 Å². The SMILES string of the molecule is Nc1nc2c(ncn2[C@@H]2SC(OPOC[C@@H]3[C@@H](COP)O[C@@H](n4nnc5c(N)ncnc54)C3(F)F)[C@H](F)[C@H]2CS)c(=O)[nH]1. The average Bonchev–Trinajstić information content (AvgIpc) is 3.71. The smallest absolute Gasteiger partial charge is 0.301 e. The summed E-state index contributed by atoms with van der Waals surface area (Å²) in [6.07, 6.45) is -2.01. The van der Waals surface area contributed by atoms with Gasteiger partial charge in [-0.15, -0.1) is 16.9 Å². The van der Waals surface area contributed by atoms with Gasteiger partial charge in [0.25, 0.3) is 5.56 Å². The number of nitrogens with one attached hydrogen (secondary N) is 1. The molecule has 5 N–H and O–H groups in total. The number of H-pyrrole nitrogens is 1. The van der Waals surface area contributed by atoms with Crippen molar-refractivity contribution in [2.45, 2.75) is 35.2 Å². The number of nitrogen functional groups attached to an aromatic ring is 2. The molecule has 0 bridgehead atoms. The molecule has 2 aliphatic rings. The van der Waals surface area contributed by atoms with E-state index in [4.69, 9.17) is 29.8 Å². The van der Waals surface area contributed by atoms with E-state index in [1.54, 1.807) is 4.57 Å². The fourth-order valence-electron chi connectivity index (χ4n) is 4.97. The summed E-state index contributed by atoms with van der Waals surface area (Å²) in [5.41, 5.74) is 10.2. The molecule has 0 radical (unpaired) electrons. The molecule has 232 valence electrons. The minimum Gasteiger partial charge on any atom is -0.382 e. The van der Waals surface area contributed by atoms with Gasteiger partial charge in [-0.25, -0.2) is 28.1 Å². The minimum atomic E-state index is -3.51. The van der Waals surface area contributed by atoms with Gasteiger partial charge in [-0.05, 0) is 5.75 Å². The Morgan fingerprint density at radius 3 is 2.81 bits per heavy atom. The highest BCUT2D eigenvalue weighted by atomic mass is 32.2. The van der Waals surface area contributed by atoms with Crippen LogP contribution in [0.2, 0.25) is 0 Å². The van der Waals surface area contributed by atoms with Crippen LogP contribution in [-0.2, 0) is 18.3 Å². The summed E-state index contributed by atoms with van der Waals surface area (Å²) in [7, 11) is 1.20. The molecule has 9 atom stereocenters. The summed E-state index contributed by atoms with van der Waals surface area (Å²) >= 11 is 5.40. The molecule has 0 amide bonds. The number of imidazole rings is 1. The third-order valence-corrected chi connectivity index (χ3v) is 9.98. The van der Waals surface area contributed by atoms with Crippen LogP contribution in [0.3, 0.4) is 0 Å². The van der Waals surface area contributed by atoms with E-state index in [9.17, 15) is 4.79 Å². The van der Waals surface area contributed by atoms with Gasteiger partial charge < -0.3 is 34.3 Å². The molecule has 2 fully saturated rings. The van der Waals surface area contributed by atoms with Crippen molar-refractivity contribution in [1.29, 1.82) is 0 Å². The first kappa shape index (κ1) is 30.6. The van der Waals surface area contributed by atoms with Crippen LogP contribution in [0.4, 0.5) is 24.9 Å². The third kappa shape index (κ3) is 5.43. The van der Waals surface area contributed by atoms with Gasteiger partial charge in [-0.2, -0.15) is 22.3 Å². The molecule has 0 spiro atoms. The predicted molar refractivity (Wildman–Crippen MR) is 156 cm³/mol. The molecular weight excluding hydrogens is 657 g/mol. The van der Waals surface area contributed by atoms with E-state index in [0.717, 1.165) is 22.8 Å². The van der Waals surface area contributed by atoms with E-state index in [1.165, 1.54) is 6.33 Å². The molecule has 0 saturated carbocycles. The number of halogens is 3. The van der Waals surface area contributed by atoms with Crippen LogP contribution in [0.25, 0.3) is 22.3 Å². The molecule has 4 aromatic heterocycles. The molecule has 0 aliphatic carbocycles. The Morgan fingerprint density at radius 2 is 2.05 bits per heavy atom. The monoisotopic (exact) mass is 681 g/mol. The Labute approximate surface area is 253 Å². The van der Waals surface area contributed by atoms with Crippen molar-refractivity contribution in [2.75, 3.05) is 30.4 Å². The van der Waals surface area contributed by atoms with Gasteiger partial charge in [0.15, 0.2) is 37.2 Å². The number of nitrogens with two attached hydrogens (primary N) is 2. The second-order valence-corrected chi connectivity index (χ2v) is 12.2. The maximum Gasteiger partial charge on any atom is 0.301 e. The van der Waals surface area contributed by atoms with E-state index < -0.39 is 68.3 Å². The van der Waals surface area contributed by atoms with E-state index in [-0.39, 0.29) is 46.5 Å². The highest BCUT2D eigenvalue weighted by Gasteiger charge is 2.60. The number of ether oxygens (including phenoxy) is 1. The number of hydrogen-bond donors (Lipinski definition) is 4. The van der Waals surface area contributed by atoms with Crippen molar-refractivity contribution in [3.8, 4) is 0 Å². The summed E-state index contributed by atoms with van der Waals surface area (Å²) in [6, 6.07) is 0. The number of nitrogens with zero attached hydrogens (tertiary/aromatic N) is 8. The zero-order chi connectivity index (χ0) is 30.5. The van der Waals surface area contributed by atoms with Crippen LogP contribution in [0, 0.1) is 11.8 Å². The van der Waals surface area contributed by atoms with Crippen molar-refractivity contribution in [3.63, 3.8) is 0 Å². The largest absolute Gasteiger partial charge is 0.382 e. The number of fused-ring (bicyclic) bond motifs is 2. The molecule has 16 nitrogen and oxygen atoms in total. The average molecular weight is 682 g/mol. The molecule has 2 aliphatic heterocycles. The fraction of sp³-hybridized carbons (Fsp3) is 0.550. The molecule has 23 heteroatoms. The lowest BCUT2D eigenvalue weighted by molar-refractivity contribution is -0.132. The summed E-state index contributed by atoms with van der Waals surface area (Å²) in [5, 5.41) is 6.99. The fourth-order valence-corrected chi connectivity index (χ4v) is 7.95. The normalized spacial score (nSPS) is 29.1. The minimum absolute atomic E-state index is 0.0192. The van der Waals surface area contributed by atoms with Gasteiger partial charge in [0.1, 0.15) is 17.9 Å². The van der Waals surface area contributed by atoms with Crippen molar-refractivity contribution in [3.05, 3.63) is 23.0 Å². The standard InChI is InChI=1S/C20H24F3N11O5P2S2/c21-9-6(3-42)16(33-5-28-11-14(33)29-19(25)30-15(11)35)43-17(9)39-41-37-1-7-8(2-36-40)38-18(20(7,22)23)34-13-10(31-32-34)12(24)26-4-27-13/h4-9,16-18,41-42H,1-3,40H2,(H2,24,26,27)(H3,25,29,30,35)/t6-,7-,8-,9-,16-,17?,18-/m1/s1. The topological polar surface area (TPSA) is 209 Å². The highest BCUT2D eigenvalue weighted by Crippen LogP contribution is 2.52. The van der Waals surface area contributed by atoms with Gasteiger partial charge in [0.05, 0.1) is 36.9 Å². The van der Waals surface area contributed by atoms with Crippen LogP contribution in [-0.4, -0.2) is 87.1 Å². The lowest BCUT2D eigenvalue weighted by atomic mass is 9.98. The van der Waals surface area contributed by atoms with Crippen LogP contribution in [0.5, 0.6) is 0 Å². The molecular formula is C20H24F3N11O5P2S2. The number of aromatic amines is 1. The summed E-state index contributed by atoms with van der Waals surface area (Å²) < 4.78 is 71.1. The number of aromatic nitrogens is 9. The van der Waals surface area contributed by atoms with E-state index in [1.807, 2.05) is 9.47 Å². The maximum absolute atomic E-state index is 15.7. The van der Waals surface area contributed by atoms with Crippen LogP contribution >= 0.6 is 42.9 Å². The highest BCUT2D eigenvalue weighted by molar-refractivity contribution is 8.00. The molecule has 6 heterocycles. The number of hydrogen-bond acceptors (Lipinski definition) is 15. The molecule has 2 saturated heterocycles. The Kier molecular flexibility index (Phi) is 8.69. The Bertz CT molecular complexity index is 1680. The Balaban J connectivity index is 1.13. The quantitative estimate of drug-likeness (QED) is 0.106. The maximum atomic E-state index is 15.7. The summed E-state index contributed by atoms with van der Waals surface area (Å²) in [5.74, 6) is -5.66. The van der Waals surface area contributed by atoms with E-state index in [2.05, 4.69) is 47.9 Å². The van der Waals surface area contributed by atoms with Crippen LogP contribution in [0.15, 0.2) is 17.4 Å². The van der Waals surface area contributed by atoms with Crippen molar-refractivity contribution in [2.24, 2.45) is 11.8 Å². The van der Waals surface area contributed by atoms with Crippen molar-refractivity contribution >= 4 is 77.0 Å². The van der Waals surface area contributed by atoms with Crippen molar-refractivity contribution in [1.82, 2.24) is 44.5 Å². The number of anilines is 2. The molecule has 3 unspecified atom stereocenters. The summed E-state index contributed by atoms with van der Waals surface area (Å²) in [4.78, 5) is 30.5. The first-order chi connectivity index (χ1) is 20.6. The number of thiol groups is 1. The zero-order valence-corrected chi connectivity index (χ0v) is 25.5. The molecule has 4 aromatic rings. The summed E-state index contributed by atoms with van der Waals surface area (Å²) in [6.45, 7) is -0.703. The van der Waals surface area contributed by atoms with Crippen LogP contribution < -0.4 is 17.0 Å². The Morgan fingerprint density at radius 1 is 1.23 bits per heavy atom. The first-order valence-electron chi connectivity index (χ1n) is 12.5. The van der Waals surface area contributed by atoms with E-state index >= 15 is 13.2 Å². The zero-order valence-electron chi connectivity index (χ0n) is 21.7. The lowest BCUT2D eigenvalue weighted by Crippen LogP contribution is -2.37. The number of alkyl halides is 3. The van der Waals surface area contributed by atoms with Crippen LogP contribution in [0.1, 0.15) is 11.6 Å². The van der Waals surface area contributed by atoms with Gasteiger partial charge in [0.2, 0.25) is 12.2 Å².